The molecule has 0 aliphatic rings. The number of pyridine rings is 2. The van der Waals surface area contributed by atoms with Gasteiger partial charge in [0.05, 0.1) is 17.1 Å². The smallest absolute Gasteiger partial charge is 0.302 e. The van der Waals surface area contributed by atoms with Crippen LogP contribution in [0.2, 0.25) is 0 Å². The summed E-state index contributed by atoms with van der Waals surface area (Å²) in [6, 6.07) is 14.6. The molecule has 7 nitrogen and oxygen atoms in total. The third-order valence-corrected chi connectivity index (χ3v) is 3.36. The van der Waals surface area contributed by atoms with E-state index < -0.39 is 0 Å². The molecule has 0 aliphatic heterocycles. The SMILES string of the molecule is CC.CC.C[N-]c1ccc(Oc2nc3cnccc3c(=O)[nH]2)cc1.[Y].c1ccncc1. The van der Waals surface area contributed by atoms with E-state index in [0.29, 0.717) is 16.7 Å². The van der Waals surface area contributed by atoms with Crippen molar-refractivity contribution in [1.82, 2.24) is 19.9 Å². The van der Waals surface area contributed by atoms with Gasteiger partial charge in [0, 0.05) is 51.3 Å². The van der Waals surface area contributed by atoms with E-state index in [-0.39, 0.29) is 44.3 Å². The third kappa shape index (κ3) is 9.81. The Morgan fingerprint density at radius 3 is 2.03 bits per heavy atom. The zero-order valence-electron chi connectivity index (χ0n) is 18.6. The number of nitrogens with one attached hydrogen (secondary N) is 1. The zero-order valence-corrected chi connectivity index (χ0v) is 21.4. The van der Waals surface area contributed by atoms with E-state index in [2.05, 4.69) is 25.3 Å². The van der Waals surface area contributed by atoms with Crippen LogP contribution in [-0.4, -0.2) is 27.0 Å². The van der Waals surface area contributed by atoms with Gasteiger partial charge in [-0.25, -0.2) is 0 Å². The average molecular weight is 495 g/mol. The Balaban J connectivity index is 0.000000693. The topological polar surface area (TPSA) is 94.9 Å². The molecule has 4 rings (SSSR count). The van der Waals surface area contributed by atoms with E-state index in [9.17, 15) is 4.79 Å². The van der Waals surface area contributed by atoms with Gasteiger partial charge >= 0.3 is 6.01 Å². The number of hydrogen-bond acceptors (Lipinski definition) is 5. The molecule has 0 spiro atoms. The minimum Gasteiger partial charge on any atom is -0.687 e. The monoisotopic (exact) mass is 495 g/mol. The summed E-state index contributed by atoms with van der Waals surface area (Å²) in [5.74, 6) is 0.573. The minimum absolute atomic E-state index is 0. The molecule has 0 saturated heterocycles. The first kappa shape index (κ1) is 28.4. The molecule has 3 heterocycles. The summed E-state index contributed by atoms with van der Waals surface area (Å²) in [5, 5.41) is 4.52. The van der Waals surface area contributed by atoms with Crippen molar-refractivity contribution in [2.24, 2.45) is 0 Å². The molecule has 4 aromatic rings. The van der Waals surface area contributed by atoms with Crippen LogP contribution in [0, 0.1) is 0 Å². The summed E-state index contributed by atoms with van der Waals surface area (Å²) in [4.78, 5) is 26.4. The van der Waals surface area contributed by atoms with Crippen LogP contribution in [0.1, 0.15) is 27.7 Å². The summed E-state index contributed by atoms with van der Waals surface area (Å²) in [5.41, 5.74) is 1.08. The summed E-state index contributed by atoms with van der Waals surface area (Å²) in [6.45, 7) is 8.00. The van der Waals surface area contributed by atoms with Gasteiger partial charge in [-0.15, -0.1) is 12.7 Å². The molecule has 0 saturated carbocycles. The molecular formula is C23H28N5O2Y-. The molecule has 1 aromatic carbocycles. The predicted octanol–water partition coefficient (Wildman–Crippen LogP) is 5.88. The van der Waals surface area contributed by atoms with E-state index in [1.807, 2.05) is 58.0 Å². The zero-order chi connectivity index (χ0) is 22.2. The number of aromatic amines is 1. The second kappa shape index (κ2) is 17.1. The van der Waals surface area contributed by atoms with Gasteiger partial charge in [-0.1, -0.05) is 45.9 Å². The fraction of sp³-hybridized carbons (Fsp3) is 0.217. The first-order valence-corrected chi connectivity index (χ1v) is 9.83. The molecule has 31 heavy (non-hydrogen) atoms. The standard InChI is InChI=1S/C14H11N4O2.C5H5N.2C2H6.Y/c1-15-9-2-4-10(5-3-9)20-14-17-12-8-16-7-6-11(12)13(19)18-14;1-2-4-6-5-3-1;2*1-2;/h2-8H,1H3,(H,17,18,19);1-5H;2*1-2H3;/q-1;;;;. The van der Waals surface area contributed by atoms with Crippen LogP contribution >= 0.6 is 0 Å². The molecule has 0 aliphatic carbocycles. The van der Waals surface area contributed by atoms with Gasteiger partial charge in [0.15, 0.2) is 0 Å². The minimum atomic E-state index is -0.257. The Bertz CT molecular complexity index is 999. The second-order valence-corrected chi connectivity index (χ2v) is 5.11. The summed E-state index contributed by atoms with van der Waals surface area (Å²) in [7, 11) is 1.71. The van der Waals surface area contributed by atoms with Crippen LogP contribution in [0.3, 0.4) is 0 Å². The van der Waals surface area contributed by atoms with Gasteiger partial charge < -0.3 is 10.1 Å². The average Bonchev–Trinajstić information content (AvgIpc) is 2.84. The van der Waals surface area contributed by atoms with Crippen LogP contribution in [0.4, 0.5) is 5.69 Å². The number of nitrogens with zero attached hydrogens (tertiary/aromatic N) is 4. The Hall–Kier alpha value is -2.64. The van der Waals surface area contributed by atoms with Crippen molar-refractivity contribution in [3.63, 3.8) is 0 Å². The molecule has 0 fully saturated rings. The van der Waals surface area contributed by atoms with Crippen LogP contribution in [-0.2, 0) is 32.7 Å². The fourth-order valence-electron chi connectivity index (χ4n) is 2.10. The van der Waals surface area contributed by atoms with Crippen molar-refractivity contribution in [2.45, 2.75) is 27.7 Å². The van der Waals surface area contributed by atoms with Crippen LogP contribution in [0.25, 0.3) is 16.2 Å². The molecular weight excluding hydrogens is 467 g/mol. The van der Waals surface area contributed by atoms with Crippen molar-refractivity contribution in [2.75, 3.05) is 7.05 Å². The van der Waals surface area contributed by atoms with Gasteiger partial charge in [0.1, 0.15) is 5.75 Å². The van der Waals surface area contributed by atoms with Gasteiger partial charge in [0.2, 0.25) is 0 Å². The molecule has 0 amide bonds. The number of rotatable bonds is 3. The first-order valence-electron chi connectivity index (χ1n) is 9.83. The fourth-order valence-corrected chi connectivity index (χ4v) is 2.10. The van der Waals surface area contributed by atoms with Gasteiger partial charge in [-0.05, 0) is 30.3 Å². The van der Waals surface area contributed by atoms with E-state index in [1.165, 1.54) is 6.20 Å². The van der Waals surface area contributed by atoms with E-state index in [1.54, 1.807) is 43.8 Å². The second-order valence-electron chi connectivity index (χ2n) is 5.11. The van der Waals surface area contributed by atoms with Crippen molar-refractivity contribution in [1.29, 1.82) is 0 Å². The number of H-pyrrole nitrogens is 1. The van der Waals surface area contributed by atoms with E-state index >= 15 is 0 Å². The maximum atomic E-state index is 11.9. The molecule has 0 atom stereocenters. The summed E-state index contributed by atoms with van der Waals surface area (Å²) in [6.07, 6.45) is 6.57. The number of benzene rings is 1. The number of aromatic nitrogens is 4. The van der Waals surface area contributed by atoms with Crippen LogP contribution < -0.4 is 10.3 Å². The first-order chi connectivity index (χ1) is 14.8. The molecule has 8 heteroatoms. The Morgan fingerprint density at radius 2 is 1.52 bits per heavy atom. The van der Waals surface area contributed by atoms with E-state index in [4.69, 9.17) is 4.74 Å². The quantitative estimate of drug-likeness (QED) is 0.383. The Labute approximate surface area is 208 Å². The Morgan fingerprint density at radius 1 is 0.871 bits per heavy atom. The van der Waals surface area contributed by atoms with Crippen molar-refractivity contribution in [3.05, 3.63) is 89.0 Å². The van der Waals surface area contributed by atoms with Crippen LogP contribution in [0.15, 0.2) is 78.1 Å². The van der Waals surface area contributed by atoms with Gasteiger partial charge in [-0.3, -0.25) is 19.7 Å². The number of hydrogen-bond donors (Lipinski definition) is 1. The summed E-state index contributed by atoms with van der Waals surface area (Å²) < 4.78 is 5.53. The number of ether oxygens (including phenoxy) is 1. The maximum absolute atomic E-state index is 11.9. The molecule has 3 aromatic heterocycles. The summed E-state index contributed by atoms with van der Waals surface area (Å²) >= 11 is 0. The molecule has 1 N–H and O–H groups in total. The van der Waals surface area contributed by atoms with Crippen molar-refractivity contribution < 1.29 is 37.4 Å². The molecule has 0 bridgehead atoms. The third-order valence-electron chi connectivity index (χ3n) is 3.36. The van der Waals surface area contributed by atoms with Crippen molar-refractivity contribution in [3.8, 4) is 11.8 Å². The van der Waals surface area contributed by atoms with Crippen LogP contribution in [0.5, 0.6) is 11.8 Å². The normalized spacial score (nSPS) is 8.68. The molecule has 161 valence electrons. The number of fused-ring (bicyclic) bond motifs is 1. The van der Waals surface area contributed by atoms with Crippen molar-refractivity contribution >= 4 is 16.6 Å². The van der Waals surface area contributed by atoms with E-state index in [0.717, 1.165) is 5.69 Å². The van der Waals surface area contributed by atoms with Gasteiger partial charge in [0.25, 0.3) is 5.56 Å². The Kier molecular flexibility index (Phi) is 15.6. The molecule has 0 unspecified atom stereocenters. The largest absolute Gasteiger partial charge is 0.687 e. The van der Waals surface area contributed by atoms with Gasteiger partial charge in [-0.2, -0.15) is 4.98 Å². The predicted molar refractivity (Wildman–Crippen MR) is 123 cm³/mol. The maximum Gasteiger partial charge on any atom is 0.302 e. The molecule has 1 radical (unpaired) electrons.